The number of aliphatic hydroxyl groups is 1. The Morgan fingerprint density at radius 2 is 2.27 bits per heavy atom. The molecule has 1 aliphatic carbocycles. The predicted octanol–water partition coefficient (Wildman–Crippen LogP) is 2.60. The van der Waals surface area contributed by atoms with E-state index in [2.05, 4.69) is 4.98 Å². The number of rotatable bonds is 0. The summed E-state index contributed by atoms with van der Waals surface area (Å²) in [5.41, 5.74) is 3.81. The normalized spacial score (nSPS) is 19.8. The third-order valence-corrected chi connectivity index (χ3v) is 3.19. The van der Waals surface area contributed by atoms with Crippen molar-refractivity contribution in [2.24, 2.45) is 0 Å². The van der Waals surface area contributed by atoms with Crippen LogP contribution >= 0.6 is 0 Å². The summed E-state index contributed by atoms with van der Waals surface area (Å²) >= 11 is 0. The molecule has 0 aliphatic heterocycles. The van der Waals surface area contributed by atoms with Crippen molar-refractivity contribution in [3.05, 3.63) is 34.8 Å². The number of aliphatic hydroxyl groups excluding tert-OH is 1. The first-order chi connectivity index (χ1) is 7.16. The zero-order valence-corrected chi connectivity index (χ0v) is 8.47. The molecule has 0 spiro atoms. The number of aryl methyl sites for hydroxylation is 2. The summed E-state index contributed by atoms with van der Waals surface area (Å²) in [4.78, 5) is 3.28. The maximum Gasteiger partial charge on any atom is 0.124 e. The molecule has 15 heavy (non-hydrogen) atoms. The molecular formula is C12H12FNO. The zero-order valence-electron chi connectivity index (χ0n) is 8.47. The molecular weight excluding hydrogens is 193 g/mol. The lowest BCUT2D eigenvalue weighted by Gasteiger charge is -2.03. The highest BCUT2D eigenvalue weighted by Crippen LogP contribution is 2.37. The molecule has 2 N–H and O–H groups in total. The number of fused-ring (bicyclic) bond motifs is 3. The molecule has 3 heteroatoms. The van der Waals surface area contributed by atoms with Gasteiger partial charge in [-0.05, 0) is 37.5 Å². The van der Waals surface area contributed by atoms with Crippen LogP contribution in [0.25, 0.3) is 10.9 Å². The van der Waals surface area contributed by atoms with Gasteiger partial charge in [0.25, 0.3) is 0 Å². The number of aromatic amines is 1. The standard InChI is InChI=1S/C12H12FNO/c1-6-4-7(13)5-8-11-9(14-12(6)8)2-3-10(11)15/h4-5,10,14-15H,2-3H2,1H3. The van der Waals surface area contributed by atoms with E-state index in [1.165, 1.54) is 12.1 Å². The van der Waals surface area contributed by atoms with Crippen LogP contribution in [-0.4, -0.2) is 10.1 Å². The quantitative estimate of drug-likeness (QED) is 0.681. The van der Waals surface area contributed by atoms with Gasteiger partial charge in [0, 0.05) is 22.2 Å². The highest BCUT2D eigenvalue weighted by Gasteiger charge is 2.25. The molecule has 0 saturated carbocycles. The Hall–Kier alpha value is -1.35. The van der Waals surface area contributed by atoms with E-state index in [1.807, 2.05) is 6.92 Å². The van der Waals surface area contributed by atoms with Crippen LogP contribution in [0.1, 0.15) is 29.3 Å². The topological polar surface area (TPSA) is 36.0 Å². The van der Waals surface area contributed by atoms with Crippen molar-refractivity contribution < 1.29 is 9.50 Å². The summed E-state index contributed by atoms with van der Waals surface area (Å²) in [5.74, 6) is -0.235. The van der Waals surface area contributed by atoms with E-state index in [1.54, 1.807) is 0 Å². The average molecular weight is 205 g/mol. The fraction of sp³-hybridized carbons (Fsp3) is 0.333. The summed E-state index contributed by atoms with van der Waals surface area (Å²) in [7, 11) is 0. The summed E-state index contributed by atoms with van der Waals surface area (Å²) in [6.07, 6.45) is 1.16. The molecule has 1 aromatic carbocycles. The summed E-state index contributed by atoms with van der Waals surface area (Å²) in [6, 6.07) is 3.02. The second-order valence-electron chi connectivity index (χ2n) is 4.22. The predicted molar refractivity (Wildman–Crippen MR) is 56.3 cm³/mol. The molecule has 1 atom stereocenters. The molecule has 78 valence electrons. The third kappa shape index (κ3) is 1.13. The molecule has 2 aromatic rings. The largest absolute Gasteiger partial charge is 0.388 e. The molecule has 2 nitrogen and oxygen atoms in total. The van der Waals surface area contributed by atoms with Crippen molar-refractivity contribution in [1.82, 2.24) is 4.98 Å². The lowest BCUT2D eigenvalue weighted by atomic mass is 10.1. The lowest BCUT2D eigenvalue weighted by Crippen LogP contribution is -1.90. The van der Waals surface area contributed by atoms with Gasteiger partial charge in [0.2, 0.25) is 0 Å². The first kappa shape index (κ1) is 8.92. The summed E-state index contributed by atoms with van der Waals surface area (Å²) in [6.45, 7) is 1.88. The van der Waals surface area contributed by atoms with Crippen LogP contribution in [-0.2, 0) is 6.42 Å². The van der Waals surface area contributed by atoms with Gasteiger partial charge < -0.3 is 10.1 Å². The van der Waals surface area contributed by atoms with E-state index in [-0.39, 0.29) is 5.82 Å². The molecule has 0 radical (unpaired) electrons. The number of nitrogens with one attached hydrogen (secondary N) is 1. The number of halogens is 1. The van der Waals surface area contributed by atoms with Crippen molar-refractivity contribution in [1.29, 1.82) is 0 Å². The molecule has 0 bridgehead atoms. The highest BCUT2D eigenvalue weighted by atomic mass is 19.1. The minimum absolute atomic E-state index is 0.235. The number of benzene rings is 1. The number of hydrogen-bond donors (Lipinski definition) is 2. The van der Waals surface area contributed by atoms with Gasteiger partial charge in [-0.15, -0.1) is 0 Å². The van der Waals surface area contributed by atoms with Crippen LogP contribution in [0.15, 0.2) is 12.1 Å². The van der Waals surface area contributed by atoms with E-state index in [0.717, 1.165) is 40.6 Å². The molecule has 0 amide bonds. The monoisotopic (exact) mass is 205 g/mol. The van der Waals surface area contributed by atoms with Gasteiger partial charge in [0.15, 0.2) is 0 Å². The van der Waals surface area contributed by atoms with E-state index in [9.17, 15) is 9.50 Å². The zero-order chi connectivity index (χ0) is 10.6. The smallest absolute Gasteiger partial charge is 0.124 e. The first-order valence-electron chi connectivity index (χ1n) is 5.15. The Balaban J connectivity index is 2.41. The fourth-order valence-electron chi connectivity index (χ4n) is 2.51. The Morgan fingerprint density at radius 3 is 3.07 bits per heavy atom. The Labute approximate surface area is 86.7 Å². The molecule has 1 heterocycles. The Kier molecular flexibility index (Phi) is 1.68. The van der Waals surface area contributed by atoms with Crippen molar-refractivity contribution in [3.63, 3.8) is 0 Å². The van der Waals surface area contributed by atoms with Gasteiger partial charge in [-0.3, -0.25) is 0 Å². The van der Waals surface area contributed by atoms with Crippen molar-refractivity contribution >= 4 is 10.9 Å². The highest BCUT2D eigenvalue weighted by molar-refractivity contribution is 5.88. The van der Waals surface area contributed by atoms with Gasteiger partial charge in [-0.1, -0.05) is 0 Å². The fourth-order valence-corrected chi connectivity index (χ4v) is 2.51. The Morgan fingerprint density at radius 1 is 1.47 bits per heavy atom. The van der Waals surface area contributed by atoms with Crippen LogP contribution in [0.3, 0.4) is 0 Å². The third-order valence-electron chi connectivity index (χ3n) is 3.19. The van der Waals surface area contributed by atoms with Crippen molar-refractivity contribution in [3.8, 4) is 0 Å². The van der Waals surface area contributed by atoms with E-state index in [0.29, 0.717) is 0 Å². The maximum absolute atomic E-state index is 13.3. The maximum atomic E-state index is 13.3. The molecule has 0 fully saturated rings. The number of H-pyrrole nitrogens is 1. The van der Waals surface area contributed by atoms with Crippen LogP contribution in [0.4, 0.5) is 4.39 Å². The van der Waals surface area contributed by atoms with E-state index < -0.39 is 6.10 Å². The second kappa shape index (κ2) is 2.83. The Bertz CT molecular complexity index is 544. The lowest BCUT2D eigenvalue weighted by molar-refractivity contribution is 0.181. The van der Waals surface area contributed by atoms with Crippen molar-refractivity contribution in [2.75, 3.05) is 0 Å². The molecule has 1 aromatic heterocycles. The minimum Gasteiger partial charge on any atom is -0.388 e. The SMILES string of the molecule is Cc1cc(F)cc2c3c([nH]c12)CCC3O. The average Bonchev–Trinajstić information content (AvgIpc) is 2.68. The number of aromatic nitrogens is 1. The number of hydrogen-bond acceptors (Lipinski definition) is 1. The first-order valence-corrected chi connectivity index (χ1v) is 5.15. The van der Waals surface area contributed by atoms with E-state index >= 15 is 0 Å². The molecule has 1 unspecified atom stereocenters. The van der Waals surface area contributed by atoms with Crippen LogP contribution in [0.2, 0.25) is 0 Å². The van der Waals surface area contributed by atoms with Crippen LogP contribution < -0.4 is 0 Å². The van der Waals surface area contributed by atoms with Crippen molar-refractivity contribution in [2.45, 2.75) is 25.9 Å². The molecule has 0 saturated heterocycles. The summed E-state index contributed by atoms with van der Waals surface area (Å²) < 4.78 is 13.3. The minimum atomic E-state index is -0.435. The molecule has 1 aliphatic rings. The van der Waals surface area contributed by atoms with Gasteiger partial charge >= 0.3 is 0 Å². The second-order valence-corrected chi connectivity index (χ2v) is 4.22. The van der Waals surface area contributed by atoms with Gasteiger partial charge in [0.05, 0.1) is 6.10 Å². The molecule has 3 rings (SSSR count). The van der Waals surface area contributed by atoms with Gasteiger partial charge in [0.1, 0.15) is 5.82 Å². The van der Waals surface area contributed by atoms with Gasteiger partial charge in [-0.25, -0.2) is 4.39 Å². The van der Waals surface area contributed by atoms with Crippen LogP contribution in [0.5, 0.6) is 0 Å². The van der Waals surface area contributed by atoms with Gasteiger partial charge in [-0.2, -0.15) is 0 Å². The van der Waals surface area contributed by atoms with Crippen LogP contribution in [0, 0.1) is 12.7 Å². The summed E-state index contributed by atoms with van der Waals surface area (Å²) in [5, 5.41) is 10.6. The van der Waals surface area contributed by atoms with E-state index in [4.69, 9.17) is 0 Å².